The van der Waals surface area contributed by atoms with Crippen molar-refractivity contribution in [3.63, 3.8) is 0 Å². The lowest BCUT2D eigenvalue weighted by atomic mass is 10.1. The molecule has 0 saturated heterocycles. The average Bonchev–Trinajstić information content (AvgIpc) is 3.02. The number of halogens is 1. The molecule has 0 amide bonds. The van der Waals surface area contributed by atoms with Gasteiger partial charge in [-0.1, -0.05) is 12.2 Å². The van der Waals surface area contributed by atoms with E-state index in [-0.39, 0.29) is 5.78 Å². The van der Waals surface area contributed by atoms with Crippen LogP contribution in [-0.4, -0.2) is 62.7 Å². The summed E-state index contributed by atoms with van der Waals surface area (Å²) in [6.07, 6.45) is 6.68. The molecule has 10 nitrogen and oxygen atoms in total. The number of methoxy groups -OCH3 is 8. The highest BCUT2D eigenvalue weighted by molar-refractivity contribution is 9.10. The van der Waals surface area contributed by atoms with Crippen LogP contribution in [0.2, 0.25) is 0 Å². The predicted molar refractivity (Wildman–Crippen MR) is 165 cm³/mol. The zero-order valence-corrected chi connectivity index (χ0v) is 26.3. The summed E-state index contributed by atoms with van der Waals surface area (Å²) in [6.45, 7) is 0. The minimum atomic E-state index is -0.315. The SMILES string of the molecule is COc1cc(/C=C\c2ccc(OC)c(OC)c2N/C=C\C(=O)c2cc(OC)c(OC)c(OC)c2Br)cc(OC)c1OC. The first kappa shape index (κ1) is 32.0. The predicted octanol–water partition coefficient (Wildman–Crippen LogP) is 6.50. The smallest absolute Gasteiger partial charge is 0.204 e. The van der Waals surface area contributed by atoms with E-state index in [0.717, 1.165) is 11.1 Å². The summed E-state index contributed by atoms with van der Waals surface area (Å²) in [5.74, 6) is 3.28. The molecule has 3 rings (SSSR count). The van der Waals surface area contributed by atoms with Crippen LogP contribution in [0.1, 0.15) is 21.5 Å². The van der Waals surface area contributed by atoms with E-state index in [0.29, 0.717) is 61.7 Å². The lowest BCUT2D eigenvalue weighted by Crippen LogP contribution is -2.04. The van der Waals surface area contributed by atoms with Crippen LogP contribution in [0, 0.1) is 0 Å². The molecule has 0 aromatic heterocycles. The molecule has 3 aromatic rings. The van der Waals surface area contributed by atoms with E-state index in [2.05, 4.69) is 21.2 Å². The molecule has 0 bridgehead atoms. The lowest BCUT2D eigenvalue weighted by Gasteiger charge is -2.16. The van der Waals surface area contributed by atoms with Crippen LogP contribution in [0.3, 0.4) is 0 Å². The first-order valence-electron chi connectivity index (χ1n) is 12.5. The van der Waals surface area contributed by atoms with Crippen molar-refractivity contribution >= 4 is 39.6 Å². The van der Waals surface area contributed by atoms with Gasteiger partial charge in [0.15, 0.2) is 40.3 Å². The molecule has 42 heavy (non-hydrogen) atoms. The van der Waals surface area contributed by atoms with Gasteiger partial charge in [0.05, 0.1) is 67.0 Å². The Bertz CT molecular complexity index is 1460. The van der Waals surface area contributed by atoms with Crippen molar-refractivity contribution in [2.24, 2.45) is 0 Å². The molecule has 1 N–H and O–H groups in total. The van der Waals surface area contributed by atoms with Crippen LogP contribution in [0.15, 0.2) is 47.1 Å². The Balaban J connectivity index is 2.00. The molecule has 0 aliphatic heterocycles. The molecule has 0 saturated carbocycles. The topological polar surface area (TPSA) is 103 Å². The number of hydrogen-bond donors (Lipinski definition) is 1. The molecular formula is C31H34BrNO9. The molecule has 0 heterocycles. The zero-order chi connectivity index (χ0) is 30.8. The van der Waals surface area contributed by atoms with Gasteiger partial charge in [0.2, 0.25) is 11.5 Å². The van der Waals surface area contributed by atoms with Gasteiger partial charge >= 0.3 is 0 Å². The number of carbonyl (C=O) groups excluding carboxylic acids is 1. The second-order valence-corrected chi connectivity index (χ2v) is 9.20. The average molecular weight is 645 g/mol. The molecule has 3 aromatic carbocycles. The third kappa shape index (κ3) is 6.68. The molecule has 0 fully saturated rings. The zero-order valence-electron chi connectivity index (χ0n) is 24.7. The number of ketones is 1. The largest absolute Gasteiger partial charge is 0.493 e. The van der Waals surface area contributed by atoms with E-state index in [1.54, 1.807) is 40.6 Å². The summed E-state index contributed by atoms with van der Waals surface area (Å²) >= 11 is 3.45. The summed E-state index contributed by atoms with van der Waals surface area (Å²) in [4.78, 5) is 13.2. The van der Waals surface area contributed by atoms with Crippen molar-refractivity contribution in [1.82, 2.24) is 0 Å². The number of ether oxygens (including phenoxy) is 8. The van der Waals surface area contributed by atoms with Gasteiger partial charge in [0.1, 0.15) is 0 Å². The van der Waals surface area contributed by atoms with Gasteiger partial charge in [-0.15, -0.1) is 0 Å². The number of carbonyl (C=O) groups is 1. The van der Waals surface area contributed by atoms with Crippen LogP contribution in [0.5, 0.6) is 46.0 Å². The molecule has 0 spiro atoms. The number of nitrogens with one attached hydrogen (secondary N) is 1. The third-order valence-electron chi connectivity index (χ3n) is 6.22. The number of hydrogen-bond acceptors (Lipinski definition) is 10. The van der Waals surface area contributed by atoms with E-state index in [1.807, 2.05) is 30.4 Å². The molecule has 0 radical (unpaired) electrons. The Morgan fingerprint density at radius 1 is 0.643 bits per heavy atom. The van der Waals surface area contributed by atoms with Gasteiger partial charge in [-0.2, -0.15) is 0 Å². The Hall–Kier alpha value is -4.51. The fourth-order valence-electron chi connectivity index (χ4n) is 4.20. The highest BCUT2D eigenvalue weighted by atomic mass is 79.9. The minimum Gasteiger partial charge on any atom is -0.493 e. The summed E-state index contributed by atoms with van der Waals surface area (Å²) in [5, 5.41) is 3.18. The molecule has 0 unspecified atom stereocenters. The first-order chi connectivity index (χ1) is 20.3. The third-order valence-corrected chi connectivity index (χ3v) is 7.00. The first-order valence-corrected chi connectivity index (χ1v) is 13.3. The normalized spacial score (nSPS) is 10.9. The quantitative estimate of drug-likeness (QED) is 0.119. The van der Waals surface area contributed by atoms with E-state index >= 15 is 0 Å². The van der Waals surface area contributed by atoms with Gasteiger partial charge in [-0.05, 0) is 51.8 Å². The van der Waals surface area contributed by atoms with Gasteiger partial charge in [0.25, 0.3) is 0 Å². The van der Waals surface area contributed by atoms with Crippen LogP contribution >= 0.6 is 15.9 Å². The Kier molecular flexibility index (Phi) is 11.4. The van der Waals surface area contributed by atoms with E-state index < -0.39 is 0 Å². The fraction of sp³-hybridized carbons (Fsp3) is 0.258. The van der Waals surface area contributed by atoms with Crippen molar-refractivity contribution in [2.75, 3.05) is 62.2 Å². The summed E-state index contributed by atoms with van der Waals surface area (Å²) in [6, 6.07) is 8.90. The maximum Gasteiger partial charge on any atom is 0.204 e. The van der Waals surface area contributed by atoms with E-state index in [9.17, 15) is 4.79 Å². The molecule has 0 atom stereocenters. The van der Waals surface area contributed by atoms with Crippen molar-refractivity contribution in [3.05, 3.63) is 63.8 Å². The highest BCUT2D eigenvalue weighted by Crippen LogP contribution is 2.45. The van der Waals surface area contributed by atoms with Crippen molar-refractivity contribution in [1.29, 1.82) is 0 Å². The summed E-state index contributed by atoms with van der Waals surface area (Å²) in [7, 11) is 12.2. The number of rotatable bonds is 14. The van der Waals surface area contributed by atoms with Crippen molar-refractivity contribution in [3.8, 4) is 46.0 Å². The van der Waals surface area contributed by atoms with E-state index in [1.165, 1.54) is 40.7 Å². The van der Waals surface area contributed by atoms with Gasteiger partial charge < -0.3 is 43.2 Å². The molecule has 224 valence electrons. The van der Waals surface area contributed by atoms with Gasteiger partial charge in [0, 0.05) is 23.4 Å². The fourth-order valence-corrected chi connectivity index (χ4v) is 4.86. The number of benzene rings is 3. The molecule has 0 aliphatic carbocycles. The van der Waals surface area contributed by atoms with Crippen molar-refractivity contribution < 1.29 is 42.7 Å². The summed E-state index contributed by atoms with van der Waals surface area (Å²) < 4.78 is 44.2. The number of anilines is 1. The maximum absolute atomic E-state index is 13.2. The van der Waals surface area contributed by atoms with Crippen LogP contribution in [0.25, 0.3) is 12.2 Å². The van der Waals surface area contributed by atoms with Gasteiger partial charge in [-0.25, -0.2) is 0 Å². The maximum atomic E-state index is 13.2. The molecular weight excluding hydrogens is 610 g/mol. The minimum absolute atomic E-state index is 0.315. The Morgan fingerprint density at radius 2 is 1.19 bits per heavy atom. The van der Waals surface area contributed by atoms with Crippen LogP contribution < -0.4 is 43.2 Å². The van der Waals surface area contributed by atoms with E-state index in [4.69, 9.17) is 37.9 Å². The Labute approximate surface area is 253 Å². The van der Waals surface area contributed by atoms with Crippen LogP contribution in [0.4, 0.5) is 5.69 Å². The second kappa shape index (κ2) is 14.9. The number of allylic oxidation sites excluding steroid dienone is 1. The Morgan fingerprint density at radius 3 is 1.71 bits per heavy atom. The van der Waals surface area contributed by atoms with Gasteiger partial charge in [-0.3, -0.25) is 4.79 Å². The van der Waals surface area contributed by atoms with Crippen molar-refractivity contribution in [2.45, 2.75) is 0 Å². The molecule has 0 aliphatic rings. The second-order valence-electron chi connectivity index (χ2n) is 8.41. The summed E-state index contributed by atoms with van der Waals surface area (Å²) in [5.41, 5.74) is 2.46. The standard InChI is InChI=1S/C31H34BrNO9/c1-35-22-12-11-19(10-9-18-15-23(36-2)28(39-5)24(16-18)37-3)27(29(22)40-6)33-14-13-21(34)20-17-25(38-4)30(41-7)31(42-8)26(20)32/h9-17,33H,1-8H3/b10-9-,14-13-. The highest BCUT2D eigenvalue weighted by Gasteiger charge is 2.22. The molecule has 11 heteroatoms. The monoisotopic (exact) mass is 643 g/mol. The lowest BCUT2D eigenvalue weighted by molar-refractivity contribution is 0.104. The van der Waals surface area contributed by atoms with Crippen LogP contribution in [-0.2, 0) is 0 Å².